The van der Waals surface area contributed by atoms with E-state index >= 15 is 0 Å². The van der Waals surface area contributed by atoms with E-state index in [1.165, 1.54) is 44.1 Å². The van der Waals surface area contributed by atoms with Crippen LogP contribution in [0.15, 0.2) is 59.8 Å². The van der Waals surface area contributed by atoms with Crippen molar-refractivity contribution in [3.63, 3.8) is 0 Å². The van der Waals surface area contributed by atoms with Gasteiger partial charge in [-0.15, -0.1) is 0 Å². The zero-order chi connectivity index (χ0) is 15.2. The van der Waals surface area contributed by atoms with E-state index in [0.717, 1.165) is 11.1 Å². The van der Waals surface area contributed by atoms with Crippen molar-refractivity contribution in [2.45, 2.75) is 44.4 Å². The van der Waals surface area contributed by atoms with Crippen molar-refractivity contribution in [1.29, 1.82) is 0 Å². The Labute approximate surface area is 132 Å². The molecule has 1 aliphatic carbocycles. The molecule has 2 aromatic carbocycles. The van der Waals surface area contributed by atoms with Crippen LogP contribution < -0.4 is 0 Å². The standard InChI is InChI=1S/C20H23NO/c22-21-20(18-10-6-3-7-11-18)19-14-12-17(13-15-19)16-8-4-1-2-5-9-16/h3,6-7,10-16,22H,1-2,4-5,8-9H2/b21-20+. The lowest BCUT2D eigenvalue weighted by Crippen LogP contribution is -2.04. The first-order valence-corrected chi connectivity index (χ1v) is 8.26. The van der Waals surface area contributed by atoms with E-state index in [1.54, 1.807) is 0 Å². The third-order valence-electron chi connectivity index (χ3n) is 4.66. The summed E-state index contributed by atoms with van der Waals surface area (Å²) < 4.78 is 0. The summed E-state index contributed by atoms with van der Waals surface area (Å²) in [5.74, 6) is 0.697. The minimum Gasteiger partial charge on any atom is -0.410 e. The second-order valence-corrected chi connectivity index (χ2v) is 6.13. The van der Waals surface area contributed by atoms with Crippen LogP contribution in [-0.2, 0) is 0 Å². The summed E-state index contributed by atoms with van der Waals surface area (Å²) in [6.07, 6.45) is 8.06. The van der Waals surface area contributed by atoms with Gasteiger partial charge in [0.25, 0.3) is 0 Å². The van der Waals surface area contributed by atoms with E-state index in [2.05, 4.69) is 29.4 Å². The number of benzene rings is 2. The lowest BCUT2D eigenvalue weighted by atomic mass is 9.90. The zero-order valence-corrected chi connectivity index (χ0v) is 12.9. The summed E-state index contributed by atoms with van der Waals surface area (Å²) in [7, 11) is 0. The predicted molar refractivity (Wildman–Crippen MR) is 90.8 cm³/mol. The highest BCUT2D eigenvalue weighted by Crippen LogP contribution is 2.31. The molecule has 0 aromatic heterocycles. The number of nitrogens with zero attached hydrogens (tertiary/aromatic N) is 1. The van der Waals surface area contributed by atoms with Crippen molar-refractivity contribution in [2.75, 3.05) is 0 Å². The van der Waals surface area contributed by atoms with Crippen LogP contribution in [0.5, 0.6) is 0 Å². The summed E-state index contributed by atoms with van der Waals surface area (Å²) >= 11 is 0. The molecule has 22 heavy (non-hydrogen) atoms. The van der Waals surface area contributed by atoms with Gasteiger partial charge in [0.1, 0.15) is 5.71 Å². The molecule has 114 valence electrons. The second kappa shape index (κ2) is 7.26. The maximum absolute atomic E-state index is 9.38. The highest BCUT2D eigenvalue weighted by atomic mass is 16.4. The molecule has 0 saturated heterocycles. The molecule has 2 aromatic rings. The van der Waals surface area contributed by atoms with E-state index in [4.69, 9.17) is 0 Å². The fraction of sp³-hybridized carbons (Fsp3) is 0.350. The summed E-state index contributed by atoms with van der Waals surface area (Å²) in [5, 5.41) is 12.9. The van der Waals surface area contributed by atoms with E-state index in [-0.39, 0.29) is 0 Å². The Balaban J connectivity index is 1.81. The molecule has 2 heteroatoms. The summed E-state index contributed by atoms with van der Waals surface area (Å²) in [6, 6.07) is 18.4. The SMILES string of the molecule is O/N=C(\c1ccccc1)c1ccc(C2CCCCCC2)cc1. The monoisotopic (exact) mass is 293 g/mol. The Bertz CT molecular complexity index is 608. The van der Waals surface area contributed by atoms with Gasteiger partial charge in [-0.1, -0.05) is 85.4 Å². The molecule has 0 atom stereocenters. The number of hydrogen-bond acceptors (Lipinski definition) is 2. The van der Waals surface area contributed by atoms with Crippen LogP contribution in [0.3, 0.4) is 0 Å². The van der Waals surface area contributed by atoms with Gasteiger partial charge in [-0.3, -0.25) is 0 Å². The molecule has 0 amide bonds. The van der Waals surface area contributed by atoms with Crippen LogP contribution in [-0.4, -0.2) is 10.9 Å². The van der Waals surface area contributed by atoms with Gasteiger partial charge in [0.2, 0.25) is 0 Å². The third-order valence-corrected chi connectivity index (χ3v) is 4.66. The number of oxime groups is 1. The smallest absolute Gasteiger partial charge is 0.117 e. The molecular formula is C20H23NO. The third kappa shape index (κ3) is 3.38. The highest BCUT2D eigenvalue weighted by molar-refractivity contribution is 6.12. The molecule has 0 radical (unpaired) electrons. The normalized spacial score (nSPS) is 17.2. The molecule has 1 saturated carbocycles. The van der Waals surface area contributed by atoms with Crippen LogP contribution >= 0.6 is 0 Å². The Hall–Kier alpha value is -2.09. The second-order valence-electron chi connectivity index (χ2n) is 6.13. The van der Waals surface area contributed by atoms with Gasteiger partial charge >= 0.3 is 0 Å². The number of hydrogen-bond donors (Lipinski definition) is 1. The van der Waals surface area contributed by atoms with Crippen molar-refractivity contribution >= 4 is 5.71 Å². The fourth-order valence-corrected chi connectivity index (χ4v) is 3.40. The minimum atomic E-state index is 0.632. The minimum absolute atomic E-state index is 0.632. The van der Waals surface area contributed by atoms with Gasteiger partial charge in [0, 0.05) is 11.1 Å². The van der Waals surface area contributed by atoms with Gasteiger partial charge in [0.15, 0.2) is 0 Å². The van der Waals surface area contributed by atoms with Crippen LogP contribution in [0.25, 0.3) is 0 Å². The van der Waals surface area contributed by atoms with Crippen LogP contribution in [0.2, 0.25) is 0 Å². The van der Waals surface area contributed by atoms with Crippen LogP contribution in [0.4, 0.5) is 0 Å². The van der Waals surface area contributed by atoms with Gasteiger partial charge in [-0.25, -0.2) is 0 Å². The number of rotatable bonds is 3. The molecule has 1 fully saturated rings. The molecule has 0 spiro atoms. The Kier molecular flexibility index (Phi) is 4.89. The summed E-state index contributed by atoms with van der Waals surface area (Å²) in [6.45, 7) is 0. The highest BCUT2D eigenvalue weighted by Gasteiger charge is 2.15. The molecule has 0 heterocycles. The van der Waals surface area contributed by atoms with E-state index < -0.39 is 0 Å². The summed E-state index contributed by atoms with van der Waals surface area (Å²) in [4.78, 5) is 0. The lowest BCUT2D eigenvalue weighted by molar-refractivity contribution is 0.319. The van der Waals surface area contributed by atoms with Crippen molar-refractivity contribution in [3.05, 3.63) is 71.3 Å². The molecule has 0 bridgehead atoms. The Morgan fingerprint density at radius 1 is 0.773 bits per heavy atom. The van der Waals surface area contributed by atoms with Gasteiger partial charge in [0.05, 0.1) is 0 Å². The predicted octanol–water partition coefficient (Wildman–Crippen LogP) is 5.35. The van der Waals surface area contributed by atoms with Crippen molar-refractivity contribution in [3.8, 4) is 0 Å². The summed E-state index contributed by atoms with van der Waals surface area (Å²) in [5.41, 5.74) is 3.96. The maximum Gasteiger partial charge on any atom is 0.117 e. The first-order chi connectivity index (χ1) is 10.9. The molecule has 3 rings (SSSR count). The molecule has 2 nitrogen and oxygen atoms in total. The van der Waals surface area contributed by atoms with E-state index in [0.29, 0.717) is 11.6 Å². The average molecular weight is 293 g/mol. The zero-order valence-electron chi connectivity index (χ0n) is 12.9. The maximum atomic E-state index is 9.38. The topological polar surface area (TPSA) is 32.6 Å². The molecule has 0 unspecified atom stereocenters. The Morgan fingerprint density at radius 2 is 1.36 bits per heavy atom. The Morgan fingerprint density at radius 3 is 1.95 bits per heavy atom. The van der Waals surface area contributed by atoms with E-state index in [9.17, 15) is 5.21 Å². The molecule has 1 N–H and O–H groups in total. The lowest BCUT2D eigenvalue weighted by Gasteiger charge is -2.15. The van der Waals surface area contributed by atoms with Crippen LogP contribution in [0, 0.1) is 0 Å². The first-order valence-electron chi connectivity index (χ1n) is 8.26. The van der Waals surface area contributed by atoms with Crippen molar-refractivity contribution in [2.24, 2.45) is 5.16 Å². The van der Waals surface area contributed by atoms with Gasteiger partial charge < -0.3 is 5.21 Å². The quantitative estimate of drug-likeness (QED) is 0.352. The van der Waals surface area contributed by atoms with Gasteiger partial charge in [-0.2, -0.15) is 0 Å². The molecular weight excluding hydrogens is 270 g/mol. The first kappa shape index (κ1) is 14.8. The van der Waals surface area contributed by atoms with Crippen molar-refractivity contribution in [1.82, 2.24) is 0 Å². The molecule has 1 aliphatic rings. The van der Waals surface area contributed by atoms with Crippen molar-refractivity contribution < 1.29 is 5.21 Å². The van der Waals surface area contributed by atoms with Crippen LogP contribution in [0.1, 0.15) is 61.1 Å². The largest absolute Gasteiger partial charge is 0.410 e. The van der Waals surface area contributed by atoms with Gasteiger partial charge in [-0.05, 0) is 24.3 Å². The fourth-order valence-electron chi connectivity index (χ4n) is 3.40. The van der Waals surface area contributed by atoms with E-state index in [1.807, 2.05) is 30.3 Å². The average Bonchev–Trinajstić information content (AvgIpc) is 2.87. The molecule has 0 aliphatic heterocycles.